The fourth-order valence-electron chi connectivity index (χ4n) is 2.44. The van der Waals surface area contributed by atoms with Crippen molar-refractivity contribution in [2.45, 2.75) is 0 Å². The first-order valence-corrected chi connectivity index (χ1v) is 6.70. The molecule has 0 fully saturated rings. The quantitative estimate of drug-likeness (QED) is 0.523. The highest BCUT2D eigenvalue weighted by atomic mass is 35.5. The lowest BCUT2D eigenvalue weighted by atomic mass is 10.2. The standard InChI is InChI=1S/C16H10ClN3/c17-15-13-9-5-4-8-12(13)14-10-18-16(20(14)19-15)11-6-2-1-3-7-11/h1-10H. The molecule has 2 heterocycles. The molecule has 0 aliphatic rings. The molecule has 0 saturated carbocycles. The smallest absolute Gasteiger partial charge is 0.161 e. The van der Waals surface area contributed by atoms with Crippen LogP contribution in [0.15, 0.2) is 60.8 Å². The maximum absolute atomic E-state index is 6.29. The average molecular weight is 280 g/mol. The van der Waals surface area contributed by atoms with Crippen molar-refractivity contribution in [1.82, 2.24) is 14.6 Å². The normalized spacial score (nSPS) is 11.2. The first kappa shape index (κ1) is 11.4. The van der Waals surface area contributed by atoms with E-state index in [1.165, 1.54) is 0 Å². The molecule has 0 aliphatic heterocycles. The summed E-state index contributed by atoms with van der Waals surface area (Å²) < 4.78 is 1.81. The van der Waals surface area contributed by atoms with Crippen LogP contribution < -0.4 is 0 Å². The van der Waals surface area contributed by atoms with Crippen molar-refractivity contribution in [3.8, 4) is 11.4 Å². The minimum Gasteiger partial charge on any atom is -0.234 e. The average Bonchev–Trinajstić information content (AvgIpc) is 2.92. The van der Waals surface area contributed by atoms with Crippen molar-refractivity contribution >= 4 is 27.9 Å². The zero-order valence-corrected chi connectivity index (χ0v) is 11.2. The Morgan fingerprint density at radius 1 is 0.850 bits per heavy atom. The van der Waals surface area contributed by atoms with Crippen molar-refractivity contribution < 1.29 is 0 Å². The summed E-state index contributed by atoms with van der Waals surface area (Å²) in [6, 6.07) is 17.9. The second-order valence-electron chi connectivity index (χ2n) is 4.58. The third-order valence-electron chi connectivity index (χ3n) is 3.38. The molecule has 96 valence electrons. The van der Waals surface area contributed by atoms with Crippen LogP contribution >= 0.6 is 11.6 Å². The molecule has 0 radical (unpaired) electrons. The molecule has 2 aromatic carbocycles. The van der Waals surface area contributed by atoms with Gasteiger partial charge in [0.05, 0.1) is 11.7 Å². The van der Waals surface area contributed by atoms with Crippen molar-refractivity contribution in [3.05, 3.63) is 65.9 Å². The summed E-state index contributed by atoms with van der Waals surface area (Å²) in [4.78, 5) is 4.50. The third kappa shape index (κ3) is 1.60. The van der Waals surface area contributed by atoms with E-state index in [1.54, 1.807) is 4.52 Å². The zero-order chi connectivity index (χ0) is 13.5. The minimum atomic E-state index is 0.489. The molecular formula is C16H10ClN3. The number of benzene rings is 2. The number of nitrogens with zero attached hydrogens (tertiary/aromatic N) is 3. The molecule has 4 heteroatoms. The van der Waals surface area contributed by atoms with Crippen molar-refractivity contribution in [3.63, 3.8) is 0 Å². The van der Waals surface area contributed by atoms with E-state index in [4.69, 9.17) is 11.6 Å². The number of halogens is 1. The van der Waals surface area contributed by atoms with Crippen LogP contribution in [-0.2, 0) is 0 Å². The van der Waals surface area contributed by atoms with Gasteiger partial charge in [-0.05, 0) is 0 Å². The molecule has 0 saturated heterocycles. The monoisotopic (exact) mass is 279 g/mol. The SMILES string of the molecule is Clc1nn2c(-c3ccccc3)ncc2c2ccccc12. The van der Waals surface area contributed by atoms with Gasteiger partial charge in [0, 0.05) is 16.3 Å². The summed E-state index contributed by atoms with van der Waals surface area (Å²) in [6.07, 6.45) is 1.84. The van der Waals surface area contributed by atoms with Gasteiger partial charge in [-0.2, -0.15) is 5.10 Å². The van der Waals surface area contributed by atoms with Crippen molar-refractivity contribution in [2.24, 2.45) is 0 Å². The summed E-state index contributed by atoms with van der Waals surface area (Å²) in [5.41, 5.74) is 1.98. The summed E-state index contributed by atoms with van der Waals surface area (Å²) in [5, 5.41) is 6.95. The number of hydrogen-bond donors (Lipinski definition) is 0. The van der Waals surface area contributed by atoms with E-state index in [0.29, 0.717) is 5.15 Å². The molecular weight excluding hydrogens is 270 g/mol. The maximum Gasteiger partial charge on any atom is 0.161 e. The molecule has 0 bridgehead atoms. The van der Waals surface area contributed by atoms with Crippen LogP contribution in [0, 0.1) is 0 Å². The van der Waals surface area contributed by atoms with E-state index in [-0.39, 0.29) is 0 Å². The van der Waals surface area contributed by atoms with Crippen molar-refractivity contribution in [1.29, 1.82) is 0 Å². The predicted molar refractivity (Wildman–Crippen MR) is 80.9 cm³/mol. The molecule has 3 nitrogen and oxygen atoms in total. The van der Waals surface area contributed by atoms with Crippen LogP contribution in [0.25, 0.3) is 27.7 Å². The Morgan fingerprint density at radius 3 is 2.35 bits per heavy atom. The molecule has 4 aromatic rings. The van der Waals surface area contributed by atoms with E-state index in [1.807, 2.05) is 60.8 Å². The molecule has 2 aromatic heterocycles. The van der Waals surface area contributed by atoms with Crippen molar-refractivity contribution in [2.75, 3.05) is 0 Å². The molecule has 0 unspecified atom stereocenters. The number of hydrogen-bond acceptors (Lipinski definition) is 2. The molecule has 20 heavy (non-hydrogen) atoms. The summed E-state index contributed by atoms with van der Waals surface area (Å²) in [5.74, 6) is 0.799. The van der Waals surface area contributed by atoms with Gasteiger partial charge in [0.2, 0.25) is 0 Å². The Labute approximate surface area is 120 Å². The number of rotatable bonds is 1. The summed E-state index contributed by atoms with van der Waals surface area (Å²) in [7, 11) is 0. The molecule has 0 amide bonds. The predicted octanol–water partition coefficient (Wildman–Crippen LogP) is 4.20. The van der Waals surface area contributed by atoms with Gasteiger partial charge in [0.1, 0.15) is 0 Å². The topological polar surface area (TPSA) is 30.2 Å². The highest BCUT2D eigenvalue weighted by Crippen LogP contribution is 2.28. The number of fused-ring (bicyclic) bond motifs is 3. The molecule has 0 spiro atoms. The van der Waals surface area contributed by atoms with E-state index in [2.05, 4.69) is 10.1 Å². The Kier molecular flexibility index (Phi) is 2.47. The van der Waals surface area contributed by atoms with E-state index >= 15 is 0 Å². The highest BCUT2D eigenvalue weighted by molar-refractivity contribution is 6.34. The largest absolute Gasteiger partial charge is 0.234 e. The summed E-state index contributed by atoms with van der Waals surface area (Å²) >= 11 is 6.29. The van der Waals surface area contributed by atoms with Gasteiger partial charge < -0.3 is 0 Å². The second kappa shape index (κ2) is 4.32. The number of aromatic nitrogens is 3. The van der Waals surface area contributed by atoms with Gasteiger partial charge in [0.25, 0.3) is 0 Å². The van der Waals surface area contributed by atoms with E-state index in [9.17, 15) is 0 Å². The Balaban J connectivity index is 2.12. The van der Waals surface area contributed by atoms with Gasteiger partial charge in [-0.1, -0.05) is 66.2 Å². The van der Waals surface area contributed by atoms with Crippen LogP contribution in [-0.4, -0.2) is 14.6 Å². The Morgan fingerprint density at radius 2 is 1.55 bits per heavy atom. The molecule has 0 aliphatic carbocycles. The van der Waals surface area contributed by atoms with Gasteiger partial charge in [0.15, 0.2) is 11.0 Å². The fraction of sp³-hybridized carbons (Fsp3) is 0. The van der Waals surface area contributed by atoms with Gasteiger partial charge in [-0.15, -0.1) is 0 Å². The third-order valence-corrected chi connectivity index (χ3v) is 3.66. The number of imidazole rings is 1. The van der Waals surface area contributed by atoms with Gasteiger partial charge >= 0.3 is 0 Å². The fourth-order valence-corrected chi connectivity index (χ4v) is 2.68. The highest BCUT2D eigenvalue weighted by Gasteiger charge is 2.12. The van der Waals surface area contributed by atoms with Crippen LogP contribution in [0.2, 0.25) is 5.15 Å². The minimum absolute atomic E-state index is 0.489. The van der Waals surface area contributed by atoms with E-state index < -0.39 is 0 Å². The summed E-state index contributed by atoms with van der Waals surface area (Å²) in [6.45, 7) is 0. The molecule has 0 N–H and O–H groups in total. The lowest BCUT2D eigenvalue weighted by Gasteiger charge is -2.05. The second-order valence-corrected chi connectivity index (χ2v) is 4.94. The lowest BCUT2D eigenvalue weighted by molar-refractivity contribution is 0.946. The molecule has 0 atom stereocenters. The Hall–Kier alpha value is -2.39. The van der Waals surface area contributed by atoms with Crippen LogP contribution in [0.1, 0.15) is 0 Å². The van der Waals surface area contributed by atoms with E-state index in [0.717, 1.165) is 27.7 Å². The first-order valence-electron chi connectivity index (χ1n) is 6.32. The zero-order valence-electron chi connectivity index (χ0n) is 10.5. The van der Waals surface area contributed by atoms with Crippen LogP contribution in [0.5, 0.6) is 0 Å². The van der Waals surface area contributed by atoms with Gasteiger partial charge in [-0.3, -0.25) is 0 Å². The Bertz CT molecular complexity index is 913. The first-order chi connectivity index (χ1) is 9.84. The van der Waals surface area contributed by atoms with Crippen LogP contribution in [0.3, 0.4) is 0 Å². The lowest BCUT2D eigenvalue weighted by Crippen LogP contribution is -1.96. The molecule has 4 rings (SSSR count). The van der Waals surface area contributed by atoms with Crippen LogP contribution in [0.4, 0.5) is 0 Å². The van der Waals surface area contributed by atoms with Gasteiger partial charge in [-0.25, -0.2) is 9.50 Å². The maximum atomic E-state index is 6.29.